The van der Waals surface area contributed by atoms with Crippen LogP contribution < -0.4 is 5.73 Å². The van der Waals surface area contributed by atoms with Gasteiger partial charge in [-0.1, -0.05) is 26.0 Å². The van der Waals surface area contributed by atoms with Crippen LogP contribution in [0.1, 0.15) is 13.8 Å². The van der Waals surface area contributed by atoms with Crippen molar-refractivity contribution in [1.29, 1.82) is 0 Å². The molecule has 0 radical (unpaired) electrons. The number of amidine groups is 1. The van der Waals surface area contributed by atoms with Crippen molar-refractivity contribution in [2.45, 2.75) is 13.8 Å². The summed E-state index contributed by atoms with van der Waals surface area (Å²) < 4.78 is 0. The maximum atomic E-state index is 5.87. The first-order valence-corrected chi connectivity index (χ1v) is 5.35. The summed E-state index contributed by atoms with van der Waals surface area (Å²) in [4.78, 5) is 8.56. The maximum absolute atomic E-state index is 5.87. The second-order valence-corrected chi connectivity index (χ2v) is 4.07. The molecule has 2 N–H and O–H groups in total. The number of hydrogen-bond donors (Lipinski definition) is 1. The number of hydrogen-bond acceptors (Lipinski definition) is 2. The Balaban J connectivity index is 2.57. The van der Waals surface area contributed by atoms with E-state index in [1.165, 1.54) is 0 Å². The number of aliphatic imine (C=N–C) groups is 1. The van der Waals surface area contributed by atoms with Gasteiger partial charge in [0.1, 0.15) is 5.84 Å². The zero-order valence-corrected chi connectivity index (χ0v) is 9.51. The molecule has 82 valence electrons. The third kappa shape index (κ3) is 2.03. The number of nitrogens with two attached hydrogens (primary N) is 1. The molecule has 0 aliphatic heterocycles. The first-order valence-electron chi connectivity index (χ1n) is 5.35. The quantitative estimate of drug-likeness (QED) is 0.616. The van der Waals surface area contributed by atoms with E-state index in [2.05, 4.69) is 9.98 Å². The number of nitrogens with zero attached hydrogens (tertiary/aromatic N) is 2. The lowest BCUT2D eigenvalue weighted by Gasteiger charge is -2.05. The molecule has 0 saturated heterocycles. The molecule has 0 aliphatic rings. The summed E-state index contributed by atoms with van der Waals surface area (Å²) in [7, 11) is 0. The number of benzene rings is 1. The lowest BCUT2D eigenvalue weighted by molar-refractivity contribution is 0.873. The minimum Gasteiger partial charge on any atom is -0.387 e. The Hall–Kier alpha value is -1.90. The minimum atomic E-state index is 0.256. The largest absolute Gasteiger partial charge is 0.387 e. The van der Waals surface area contributed by atoms with Crippen molar-refractivity contribution >= 4 is 22.3 Å². The summed E-state index contributed by atoms with van der Waals surface area (Å²) in [5.74, 6) is 0.906. The van der Waals surface area contributed by atoms with Crippen LogP contribution in [0, 0.1) is 5.92 Å². The van der Waals surface area contributed by atoms with Crippen LogP contribution >= 0.6 is 0 Å². The first-order chi connectivity index (χ1) is 7.68. The van der Waals surface area contributed by atoms with Crippen molar-refractivity contribution in [1.82, 2.24) is 4.98 Å². The fourth-order valence-electron chi connectivity index (χ4n) is 1.46. The minimum absolute atomic E-state index is 0.256. The van der Waals surface area contributed by atoms with E-state index in [4.69, 9.17) is 5.73 Å². The lowest BCUT2D eigenvalue weighted by Crippen LogP contribution is -2.18. The molecular formula is C13H15N3. The van der Waals surface area contributed by atoms with Gasteiger partial charge in [-0.15, -0.1) is 0 Å². The Bertz CT molecular complexity index is 524. The molecule has 1 aromatic carbocycles. The zero-order valence-electron chi connectivity index (χ0n) is 9.51. The molecule has 1 heterocycles. The Morgan fingerprint density at radius 1 is 1.31 bits per heavy atom. The predicted molar refractivity (Wildman–Crippen MR) is 67.9 cm³/mol. The van der Waals surface area contributed by atoms with Crippen molar-refractivity contribution < 1.29 is 0 Å². The third-order valence-corrected chi connectivity index (χ3v) is 2.50. The summed E-state index contributed by atoms with van der Waals surface area (Å²) >= 11 is 0. The van der Waals surface area contributed by atoms with Crippen molar-refractivity contribution in [2.75, 3.05) is 0 Å². The van der Waals surface area contributed by atoms with Gasteiger partial charge in [0, 0.05) is 23.7 Å². The Labute approximate surface area is 95.0 Å². The van der Waals surface area contributed by atoms with Crippen molar-refractivity contribution in [3.63, 3.8) is 0 Å². The van der Waals surface area contributed by atoms with E-state index in [0.29, 0.717) is 5.84 Å². The molecule has 0 bridgehead atoms. The van der Waals surface area contributed by atoms with Crippen molar-refractivity contribution in [3.05, 3.63) is 36.7 Å². The summed E-state index contributed by atoms with van der Waals surface area (Å²) in [6.45, 7) is 4.06. The van der Waals surface area contributed by atoms with Crippen molar-refractivity contribution in [2.24, 2.45) is 16.6 Å². The van der Waals surface area contributed by atoms with Crippen LogP contribution in [-0.2, 0) is 0 Å². The normalized spacial score (nSPS) is 12.3. The van der Waals surface area contributed by atoms with Crippen LogP contribution in [0.4, 0.5) is 5.69 Å². The number of pyridine rings is 1. The smallest absolute Gasteiger partial charge is 0.102 e. The van der Waals surface area contributed by atoms with Gasteiger partial charge in [-0.05, 0) is 17.5 Å². The first kappa shape index (κ1) is 10.6. The Kier molecular flexibility index (Phi) is 2.86. The molecule has 0 atom stereocenters. The van der Waals surface area contributed by atoms with Crippen molar-refractivity contribution in [3.8, 4) is 0 Å². The number of rotatable bonds is 2. The van der Waals surface area contributed by atoms with Gasteiger partial charge in [-0.3, -0.25) is 4.98 Å². The molecular weight excluding hydrogens is 198 g/mol. The molecule has 0 spiro atoms. The highest BCUT2D eigenvalue weighted by atomic mass is 14.9. The summed E-state index contributed by atoms with van der Waals surface area (Å²) in [6, 6.07) is 7.95. The topological polar surface area (TPSA) is 51.3 Å². The highest BCUT2D eigenvalue weighted by Gasteiger charge is 2.02. The van der Waals surface area contributed by atoms with Gasteiger partial charge in [0.25, 0.3) is 0 Å². The summed E-state index contributed by atoms with van der Waals surface area (Å²) in [5.41, 5.74) is 6.76. The van der Waals surface area contributed by atoms with E-state index in [9.17, 15) is 0 Å². The van der Waals surface area contributed by atoms with Crippen LogP contribution in [0.2, 0.25) is 0 Å². The van der Waals surface area contributed by atoms with E-state index in [-0.39, 0.29) is 5.92 Å². The highest BCUT2D eigenvalue weighted by Crippen LogP contribution is 2.25. The van der Waals surface area contributed by atoms with Crippen LogP contribution in [0.25, 0.3) is 10.8 Å². The maximum Gasteiger partial charge on any atom is 0.102 e. The van der Waals surface area contributed by atoms with Gasteiger partial charge in [-0.25, -0.2) is 4.99 Å². The van der Waals surface area contributed by atoms with E-state index in [0.717, 1.165) is 16.5 Å². The number of fused-ring (bicyclic) bond motifs is 1. The molecule has 3 nitrogen and oxygen atoms in total. The predicted octanol–water partition coefficient (Wildman–Crippen LogP) is 2.88. The van der Waals surface area contributed by atoms with Crippen LogP contribution in [0.15, 0.2) is 41.7 Å². The van der Waals surface area contributed by atoms with Crippen LogP contribution in [0.3, 0.4) is 0 Å². The fraction of sp³-hybridized carbons (Fsp3) is 0.231. The van der Waals surface area contributed by atoms with E-state index in [1.807, 2.05) is 44.3 Å². The molecule has 3 heteroatoms. The van der Waals surface area contributed by atoms with Gasteiger partial charge in [-0.2, -0.15) is 0 Å². The molecule has 0 saturated carbocycles. The van der Waals surface area contributed by atoms with E-state index in [1.54, 1.807) is 6.20 Å². The standard InChI is InChI=1S/C13H15N3/c1-9(2)13(14)16-12-5-3-4-10-6-7-15-8-11(10)12/h3-9H,1-2H3,(H2,14,16). The van der Waals surface area contributed by atoms with Gasteiger partial charge in [0.2, 0.25) is 0 Å². The Morgan fingerprint density at radius 2 is 2.12 bits per heavy atom. The SMILES string of the molecule is CC(C)C(N)=Nc1cccc2ccncc12. The molecule has 2 aromatic rings. The van der Waals surface area contributed by atoms with Gasteiger partial charge in [0.15, 0.2) is 0 Å². The second kappa shape index (κ2) is 4.31. The molecule has 0 amide bonds. The van der Waals surface area contributed by atoms with E-state index < -0.39 is 0 Å². The molecule has 2 rings (SSSR count). The monoisotopic (exact) mass is 213 g/mol. The van der Waals surface area contributed by atoms with E-state index >= 15 is 0 Å². The van der Waals surface area contributed by atoms with Gasteiger partial charge >= 0.3 is 0 Å². The van der Waals surface area contributed by atoms with Gasteiger partial charge < -0.3 is 5.73 Å². The third-order valence-electron chi connectivity index (χ3n) is 2.50. The lowest BCUT2D eigenvalue weighted by atomic mass is 10.1. The van der Waals surface area contributed by atoms with Crippen LogP contribution in [0.5, 0.6) is 0 Å². The second-order valence-electron chi connectivity index (χ2n) is 4.07. The summed E-state index contributed by atoms with van der Waals surface area (Å²) in [5, 5.41) is 2.17. The average molecular weight is 213 g/mol. The highest BCUT2D eigenvalue weighted by molar-refractivity contribution is 5.95. The van der Waals surface area contributed by atoms with Crippen LogP contribution in [-0.4, -0.2) is 10.8 Å². The number of aromatic nitrogens is 1. The molecule has 1 aromatic heterocycles. The Morgan fingerprint density at radius 3 is 2.88 bits per heavy atom. The molecule has 0 aliphatic carbocycles. The molecule has 0 fully saturated rings. The molecule has 16 heavy (non-hydrogen) atoms. The zero-order chi connectivity index (χ0) is 11.5. The summed E-state index contributed by atoms with van der Waals surface area (Å²) in [6.07, 6.45) is 3.60. The fourth-order valence-corrected chi connectivity index (χ4v) is 1.46. The average Bonchev–Trinajstić information content (AvgIpc) is 2.29. The molecule has 0 unspecified atom stereocenters. The van der Waals surface area contributed by atoms with Gasteiger partial charge in [0.05, 0.1) is 5.69 Å².